The summed E-state index contributed by atoms with van der Waals surface area (Å²) in [4.78, 5) is 0. The smallest absolute Gasteiger partial charge is 0.115 e. The minimum Gasteiger partial charge on any atom is -0.394 e. The summed E-state index contributed by atoms with van der Waals surface area (Å²) in [6, 6.07) is 0. The van der Waals surface area contributed by atoms with Gasteiger partial charge in [0, 0.05) is 0 Å². The number of ether oxygens (including phenoxy) is 1. The molecule has 12 heavy (non-hydrogen) atoms. The van der Waals surface area contributed by atoms with Crippen molar-refractivity contribution < 1.29 is 25.2 Å². The molecule has 72 valence electrons. The van der Waals surface area contributed by atoms with Crippen molar-refractivity contribution in [3.63, 3.8) is 0 Å². The van der Waals surface area contributed by atoms with Crippen molar-refractivity contribution in [3.8, 4) is 0 Å². The van der Waals surface area contributed by atoms with E-state index in [9.17, 15) is 10.2 Å². The third-order valence-electron chi connectivity index (χ3n) is 2.11. The highest BCUT2D eigenvalue weighted by Crippen LogP contribution is 2.22. The van der Waals surface area contributed by atoms with E-state index < -0.39 is 37.1 Å². The van der Waals surface area contributed by atoms with Gasteiger partial charge in [0.05, 0.1) is 12.7 Å². The van der Waals surface area contributed by atoms with Crippen LogP contribution >= 0.6 is 0 Å². The number of aliphatic hydroxyl groups is 4. The van der Waals surface area contributed by atoms with E-state index in [4.69, 9.17) is 14.9 Å². The van der Waals surface area contributed by atoms with Gasteiger partial charge in [0.2, 0.25) is 0 Å². The average molecular weight is 178 g/mol. The second-order valence-corrected chi connectivity index (χ2v) is 3.04. The zero-order valence-corrected chi connectivity index (χ0v) is 6.79. The molecule has 0 radical (unpaired) electrons. The van der Waals surface area contributed by atoms with Crippen molar-refractivity contribution in [3.05, 3.63) is 0 Å². The van der Waals surface area contributed by atoms with E-state index in [1.54, 1.807) is 6.92 Å². The molecule has 0 bridgehead atoms. The van der Waals surface area contributed by atoms with Crippen LogP contribution in [0.15, 0.2) is 0 Å². The summed E-state index contributed by atoms with van der Waals surface area (Å²) >= 11 is 0. The van der Waals surface area contributed by atoms with Crippen LogP contribution in [0.4, 0.5) is 0 Å². The molecule has 1 saturated heterocycles. The van der Waals surface area contributed by atoms with Gasteiger partial charge in [0.15, 0.2) is 0 Å². The normalized spacial score (nSPS) is 44.8. The van der Waals surface area contributed by atoms with Crippen LogP contribution < -0.4 is 0 Å². The van der Waals surface area contributed by atoms with Crippen LogP contribution in [0.3, 0.4) is 0 Å². The van der Waals surface area contributed by atoms with Crippen molar-refractivity contribution in [2.75, 3.05) is 6.61 Å². The van der Waals surface area contributed by atoms with Crippen LogP contribution in [-0.2, 0) is 4.74 Å². The molecule has 1 rings (SSSR count). The van der Waals surface area contributed by atoms with E-state index in [0.29, 0.717) is 0 Å². The summed E-state index contributed by atoms with van der Waals surface area (Å²) in [5.41, 5.74) is 0. The molecule has 0 unspecified atom stereocenters. The van der Waals surface area contributed by atoms with Crippen LogP contribution in [0.1, 0.15) is 6.92 Å². The molecule has 0 aromatic rings. The predicted molar refractivity (Wildman–Crippen MR) is 39.4 cm³/mol. The Kier molecular flexibility index (Phi) is 3.03. The minimum absolute atomic E-state index is 0.485. The van der Waals surface area contributed by atoms with Crippen LogP contribution in [0.25, 0.3) is 0 Å². The van der Waals surface area contributed by atoms with Crippen molar-refractivity contribution in [1.82, 2.24) is 0 Å². The van der Waals surface area contributed by atoms with Crippen LogP contribution in [0.2, 0.25) is 0 Å². The SMILES string of the molecule is C[C@@H]1O[C@@H]([C@@H](O)CO)[C@H](O)[C@H]1O. The summed E-state index contributed by atoms with van der Waals surface area (Å²) in [5, 5.41) is 36.2. The van der Waals surface area contributed by atoms with Crippen molar-refractivity contribution >= 4 is 0 Å². The van der Waals surface area contributed by atoms with Crippen LogP contribution in [0, 0.1) is 0 Å². The maximum Gasteiger partial charge on any atom is 0.115 e. The van der Waals surface area contributed by atoms with E-state index in [-0.39, 0.29) is 0 Å². The fraction of sp³-hybridized carbons (Fsp3) is 1.00. The van der Waals surface area contributed by atoms with Crippen LogP contribution in [-0.4, -0.2) is 57.6 Å². The van der Waals surface area contributed by atoms with Gasteiger partial charge in [0.1, 0.15) is 24.4 Å². The monoisotopic (exact) mass is 178 g/mol. The Morgan fingerprint density at radius 2 is 1.92 bits per heavy atom. The average Bonchev–Trinajstić information content (AvgIpc) is 2.32. The molecule has 5 nitrogen and oxygen atoms in total. The minimum atomic E-state index is -1.14. The first-order chi connectivity index (χ1) is 5.57. The Bertz CT molecular complexity index is 151. The standard InChI is InChI=1S/C7H14O5/c1-3-5(10)6(11)7(12-3)4(9)2-8/h3-11H,2H2,1H3/t3-,4-,5-,6+,7-/m0/s1. The zero-order valence-electron chi connectivity index (χ0n) is 6.79. The number of aliphatic hydroxyl groups excluding tert-OH is 4. The molecule has 1 fully saturated rings. The zero-order chi connectivity index (χ0) is 9.30. The first kappa shape index (κ1) is 9.88. The van der Waals surface area contributed by atoms with Crippen molar-refractivity contribution in [1.29, 1.82) is 0 Å². The van der Waals surface area contributed by atoms with E-state index in [1.807, 2.05) is 0 Å². The lowest BCUT2D eigenvalue weighted by Crippen LogP contribution is -2.40. The molecule has 0 aromatic carbocycles. The third-order valence-corrected chi connectivity index (χ3v) is 2.11. The Balaban J connectivity index is 2.58. The number of rotatable bonds is 2. The molecule has 0 amide bonds. The molecule has 1 aliphatic rings. The Morgan fingerprint density at radius 1 is 1.33 bits per heavy atom. The molecule has 5 heteroatoms. The highest BCUT2D eigenvalue weighted by molar-refractivity contribution is 4.91. The van der Waals surface area contributed by atoms with Gasteiger partial charge < -0.3 is 25.2 Å². The summed E-state index contributed by atoms with van der Waals surface area (Å²) in [7, 11) is 0. The van der Waals surface area contributed by atoms with Gasteiger partial charge >= 0.3 is 0 Å². The first-order valence-electron chi connectivity index (χ1n) is 3.88. The fourth-order valence-electron chi connectivity index (χ4n) is 1.30. The lowest BCUT2D eigenvalue weighted by Gasteiger charge is -2.18. The maximum atomic E-state index is 9.28. The summed E-state index contributed by atoms with van der Waals surface area (Å²) < 4.78 is 5.03. The Morgan fingerprint density at radius 3 is 2.25 bits per heavy atom. The molecule has 0 aromatic heterocycles. The van der Waals surface area contributed by atoms with Gasteiger partial charge in [-0.05, 0) is 6.92 Å². The molecular weight excluding hydrogens is 164 g/mol. The topological polar surface area (TPSA) is 90.2 Å². The lowest BCUT2D eigenvalue weighted by atomic mass is 10.1. The van der Waals surface area contributed by atoms with Crippen LogP contribution in [0.5, 0.6) is 0 Å². The number of hydrogen-bond donors (Lipinski definition) is 4. The first-order valence-corrected chi connectivity index (χ1v) is 3.88. The Labute approximate surface area is 70.2 Å². The second-order valence-electron chi connectivity index (χ2n) is 3.04. The van der Waals surface area contributed by atoms with E-state index in [1.165, 1.54) is 0 Å². The summed E-state index contributed by atoms with van der Waals surface area (Å²) in [5.74, 6) is 0. The van der Waals surface area contributed by atoms with Gasteiger partial charge in [-0.1, -0.05) is 0 Å². The lowest BCUT2D eigenvalue weighted by molar-refractivity contribution is -0.0786. The van der Waals surface area contributed by atoms with Crippen molar-refractivity contribution in [2.45, 2.75) is 37.4 Å². The van der Waals surface area contributed by atoms with E-state index in [2.05, 4.69) is 0 Å². The maximum absolute atomic E-state index is 9.28. The largest absolute Gasteiger partial charge is 0.394 e. The molecule has 0 spiro atoms. The van der Waals surface area contributed by atoms with Gasteiger partial charge in [-0.15, -0.1) is 0 Å². The van der Waals surface area contributed by atoms with Crippen molar-refractivity contribution in [2.24, 2.45) is 0 Å². The molecule has 1 aliphatic heterocycles. The summed E-state index contributed by atoms with van der Waals surface area (Å²) in [6.45, 7) is 1.11. The van der Waals surface area contributed by atoms with E-state index >= 15 is 0 Å². The quantitative estimate of drug-likeness (QED) is 0.387. The Hall–Kier alpha value is -0.200. The second kappa shape index (κ2) is 3.68. The van der Waals surface area contributed by atoms with E-state index in [0.717, 1.165) is 0 Å². The van der Waals surface area contributed by atoms with Gasteiger partial charge in [-0.3, -0.25) is 0 Å². The third kappa shape index (κ3) is 1.60. The molecule has 0 saturated carbocycles. The van der Waals surface area contributed by atoms with Gasteiger partial charge in [0.25, 0.3) is 0 Å². The molecule has 1 heterocycles. The molecule has 4 N–H and O–H groups in total. The summed E-state index contributed by atoms with van der Waals surface area (Å²) in [6.07, 6.45) is -4.65. The molecule has 5 atom stereocenters. The fourth-order valence-corrected chi connectivity index (χ4v) is 1.30. The highest BCUT2D eigenvalue weighted by atomic mass is 16.6. The number of hydrogen-bond acceptors (Lipinski definition) is 5. The highest BCUT2D eigenvalue weighted by Gasteiger charge is 2.43. The molecular formula is C7H14O5. The van der Waals surface area contributed by atoms with Gasteiger partial charge in [-0.25, -0.2) is 0 Å². The predicted octanol–water partition coefficient (Wildman–Crippen LogP) is -2.15. The molecule has 0 aliphatic carbocycles. The van der Waals surface area contributed by atoms with Gasteiger partial charge in [-0.2, -0.15) is 0 Å².